The molecule has 0 atom stereocenters. The van der Waals surface area contributed by atoms with Gasteiger partial charge in [-0.15, -0.1) is 0 Å². The monoisotopic (exact) mass is 453 g/mol. The summed E-state index contributed by atoms with van der Waals surface area (Å²) in [6.07, 6.45) is 0.778. The van der Waals surface area contributed by atoms with Gasteiger partial charge in [0.25, 0.3) is 0 Å². The van der Waals surface area contributed by atoms with Crippen molar-refractivity contribution in [3.05, 3.63) is 53.6 Å². The number of pyridine rings is 1. The van der Waals surface area contributed by atoms with Gasteiger partial charge in [0, 0.05) is 44.1 Å². The van der Waals surface area contributed by atoms with E-state index in [4.69, 9.17) is 14.5 Å². The summed E-state index contributed by atoms with van der Waals surface area (Å²) in [5.41, 5.74) is 3.32. The number of aryl methyl sites for hydroxylation is 2. The highest BCUT2D eigenvalue weighted by Gasteiger charge is 2.30. The van der Waals surface area contributed by atoms with Gasteiger partial charge in [-0.2, -0.15) is 4.31 Å². The standard InChI is InChI=1S/C24H27N3O4S/c1-17-5-3-6-20-18(2)15-23(25-24(17)20)26-9-11-27(12-10-26)32(28,29)19-7-8-21-22(16-19)31-14-4-13-30-21/h3,5-8,15-16H,4,9-14H2,1-2H3. The summed E-state index contributed by atoms with van der Waals surface area (Å²) in [7, 11) is -3.61. The Labute approximate surface area is 188 Å². The summed E-state index contributed by atoms with van der Waals surface area (Å²) in [5.74, 6) is 1.99. The highest BCUT2D eigenvalue weighted by molar-refractivity contribution is 7.89. The second kappa shape index (κ2) is 8.26. The maximum absolute atomic E-state index is 13.3. The van der Waals surface area contributed by atoms with Crippen molar-refractivity contribution in [3.8, 4) is 11.5 Å². The Morgan fingerprint density at radius 1 is 0.875 bits per heavy atom. The van der Waals surface area contributed by atoms with Gasteiger partial charge in [0.05, 0.1) is 23.6 Å². The molecule has 0 N–H and O–H groups in total. The second-order valence-corrected chi connectivity index (χ2v) is 10.3. The number of anilines is 1. The number of sulfonamides is 1. The van der Waals surface area contributed by atoms with E-state index in [1.807, 2.05) is 0 Å². The van der Waals surface area contributed by atoms with Crippen LogP contribution in [0.5, 0.6) is 11.5 Å². The van der Waals surface area contributed by atoms with Gasteiger partial charge in [-0.1, -0.05) is 18.2 Å². The van der Waals surface area contributed by atoms with E-state index in [0.29, 0.717) is 50.9 Å². The van der Waals surface area contributed by atoms with E-state index in [0.717, 1.165) is 28.7 Å². The number of benzene rings is 2. The van der Waals surface area contributed by atoms with Crippen molar-refractivity contribution in [1.82, 2.24) is 9.29 Å². The van der Waals surface area contributed by atoms with Crippen LogP contribution in [0.3, 0.4) is 0 Å². The van der Waals surface area contributed by atoms with Gasteiger partial charge < -0.3 is 14.4 Å². The Morgan fingerprint density at radius 3 is 2.41 bits per heavy atom. The smallest absolute Gasteiger partial charge is 0.243 e. The molecule has 2 aliphatic rings. The molecule has 0 aliphatic carbocycles. The van der Waals surface area contributed by atoms with Crippen LogP contribution < -0.4 is 14.4 Å². The molecule has 7 nitrogen and oxygen atoms in total. The summed E-state index contributed by atoms with van der Waals surface area (Å²) < 4.78 is 39.4. The zero-order chi connectivity index (χ0) is 22.3. The Balaban J connectivity index is 1.35. The third-order valence-electron chi connectivity index (χ3n) is 6.15. The fourth-order valence-electron chi connectivity index (χ4n) is 4.32. The van der Waals surface area contributed by atoms with Crippen molar-refractivity contribution in [1.29, 1.82) is 0 Å². The van der Waals surface area contributed by atoms with E-state index in [2.05, 4.69) is 43.0 Å². The average Bonchev–Trinajstić information content (AvgIpc) is 3.05. The van der Waals surface area contributed by atoms with E-state index in [1.165, 1.54) is 5.56 Å². The maximum Gasteiger partial charge on any atom is 0.243 e. The topological polar surface area (TPSA) is 72.0 Å². The van der Waals surface area contributed by atoms with Crippen LogP contribution in [0.1, 0.15) is 17.5 Å². The molecular formula is C24H27N3O4S. The zero-order valence-corrected chi connectivity index (χ0v) is 19.2. The maximum atomic E-state index is 13.3. The lowest BCUT2D eigenvalue weighted by Gasteiger charge is -2.35. The molecule has 0 bridgehead atoms. The molecule has 0 radical (unpaired) electrons. The quantitative estimate of drug-likeness (QED) is 0.604. The first-order chi connectivity index (χ1) is 15.4. The van der Waals surface area contributed by atoms with Gasteiger partial charge in [-0.25, -0.2) is 13.4 Å². The molecule has 32 heavy (non-hydrogen) atoms. The molecule has 1 fully saturated rings. The molecule has 0 unspecified atom stereocenters. The molecule has 1 aromatic heterocycles. The molecule has 8 heteroatoms. The summed E-state index contributed by atoms with van der Waals surface area (Å²) >= 11 is 0. The Hall–Kier alpha value is -2.84. The highest BCUT2D eigenvalue weighted by Crippen LogP contribution is 2.33. The van der Waals surface area contributed by atoms with Gasteiger partial charge in [-0.05, 0) is 43.2 Å². The molecule has 168 valence electrons. The Kier molecular flexibility index (Phi) is 5.43. The highest BCUT2D eigenvalue weighted by atomic mass is 32.2. The molecular weight excluding hydrogens is 426 g/mol. The van der Waals surface area contributed by atoms with Crippen molar-refractivity contribution in [3.63, 3.8) is 0 Å². The van der Waals surface area contributed by atoms with E-state index in [-0.39, 0.29) is 4.90 Å². The van der Waals surface area contributed by atoms with Crippen LogP contribution in [0.2, 0.25) is 0 Å². The Bertz CT molecular complexity index is 1270. The van der Waals surface area contributed by atoms with Gasteiger partial charge in [-0.3, -0.25) is 0 Å². The lowest BCUT2D eigenvalue weighted by atomic mass is 10.1. The van der Waals surface area contributed by atoms with Crippen LogP contribution in [-0.4, -0.2) is 57.1 Å². The van der Waals surface area contributed by atoms with E-state index in [9.17, 15) is 8.42 Å². The first kappa shape index (κ1) is 21.0. The SMILES string of the molecule is Cc1cc(N2CCN(S(=O)(=O)c3ccc4c(c3)OCCCO4)CC2)nc2c(C)cccc12. The number of hydrogen-bond acceptors (Lipinski definition) is 6. The average molecular weight is 454 g/mol. The minimum atomic E-state index is -3.61. The summed E-state index contributed by atoms with van der Waals surface area (Å²) in [4.78, 5) is 7.30. The van der Waals surface area contributed by atoms with E-state index < -0.39 is 10.0 Å². The lowest BCUT2D eigenvalue weighted by Crippen LogP contribution is -2.48. The van der Waals surface area contributed by atoms with Gasteiger partial charge in [0.1, 0.15) is 5.82 Å². The number of rotatable bonds is 3. The number of piperazine rings is 1. The normalized spacial score (nSPS) is 17.4. The van der Waals surface area contributed by atoms with E-state index in [1.54, 1.807) is 22.5 Å². The summed E-state index contributed by atoms with van der Waals surface area (Å²) in [6.45, 7) is 7.25. The number of nitrogens with zero attached hydrogens (tertiary/aromatic N) is 3. The number of ether oxygens (including phenoxy) is 2. The third-order valence-corrected chi connectivity index (χ3v) is 8.05. The van der Waals surface area contributed by atoms with Crippen molar-refractivity contribution < 1.29 is 17.9 Å². The van der Waals surface area contributed by atoms with Crippen molar-refractivity contribution >= 4 is 26.7 Å². The molecule has 1 saturated heterocycles. The molecule has 2 aromatic carbocycles. The minimum Gasteiger partial charge on any atom is -0.490 e. The van der Waals surface area contributed by atoms with Gasteiger partial charge >= 0.3 is 0 Å². The molecule has 0 spiro atoms. The van der Waals surface area contributed by atoms with Crippen molar-refractivity contribution in [2.24, 2.45) is 0 Å². The van der Waals surface area contributed by atoms with E-state index >= 15 is 0 Å². The second-order valence-electron chi connectivity index (χ2n) is 8.32. The lowest BCUT2D eigenvalue weighted by molar-refractivity contribution is 0.296. The fourth-order valence-corrected chi connectivity index (χ4v) is 5.75. The number of hydrogen-bond donors (Lipinski definition) is 0. The number of aromatic nitrogens is 1. The molecule has 2 aliphatic heterocycles. The summed E-state index contributed by atoms with van der Waals surface area (Å²) in [5, 5.41) is 1.16. The zero-order valence-electron chi connectivity index (χ0n) is 18.4. The predicted molar refractivity (Wildman–Crippen MR) is 124 cm³/mol. The van der Waals surface area contributed by atoms with Gasteiger partial charge in [0.2, 0.25) is 10.0 Å². The molecule has 3 heterocycles. The largest absolute Gasteiger partial charge is 0.490 e. The van der Waals surface area contributed by atoms with Crippen LogP contribution in [0.15, 0.2) is 47.4 Å². The van der Waals surface area contributed by atoms with Crippen molar-refractivity contribution in [2.45, 2.75) is 25.2 Å². The third kappa shape index (κ3) is 3.78. The first-order valence-electron chi connectivity index (χ1n) is 11.0. The fraction of sp³-hybridized carbons (Fsp3) is 0.375. The Morgan fingerprint density at radius 2 is 1.62 bits per heavy atom. The minimum absolute atomic E-state index is 0.241. The van der Waals surface area contributed by atoms with Gasteiger partial charge in [0.15, 0.2) is 11.5 Å². The van der Waals surface area contributed by atoms with Crippen LogP contribution in [-0.2, 0) is 10.0 Å². The molecule has 0 saturated carbocycles. The number of para-hydroxylation sites is 1. The van der Waals surface area contributed by atoms with Crippen LogP contribution in [0.4, 0.5) is 5.82 Å². The predicted octanol–water partition coefficient (Wildman–Crippen LogP) is 3.52. The molecule has 3 aromatic rings. The first-order valence-corrected chi connectivity index (χ1v) is 12.4. The van der Waals surface area contributed by atoms with Crippen molar-refractivity contribution in [2.75, 3.05) is 44.3 Å². The van der Waals surface area contributed by atoms with Crippen LogP contribution in [0, 0.1) is 13.8 Å². The van der Waals surface area contributed by atoms with Crippen LogP contribution >= 0.6 is 0 Å². The molecule has 5 rings (SSSR count). The van der Waals surface area contributed by atoms with Crippen LogP contribution in [0.25, 0.3) is 10.9 Å². The number of fused-ring (bicyclic) bond motifs is 2. The summed E-state index contributed by atoms with van der Waals surface area (Å²) in [6, 6.07) is 13.2. The molecule has 0 amide bonds.